The predicted molar refractivity (Wildman–Crippen MR) is 83.7 cm³/mol. The van der Waals surface area contributed by atoms with E-state index in [2.05, 4.69) is 24.1 Å². The van der Waals surface area contributed by atoms with Crippen LogP contribution in [-0.2, 0) is 11.3 Å². The summed E-state index contributed by atoms with van der Waals surface area (Å²) in [4.78, 5) is 2.50. The molecule has 21 heavy (non-hydrogen) atoms. The van der Waals surface area contributed by atoms with Crippen molar-refractivity contribution in [2.24, 2.45) is 5.92 Å². The summed E-state index contributed by atoms with van der Waals surface area (Å²) in [7, 11) is 0. The number of morpholine rings is 1. The third-order valence-corrected chi connectivity index (χ3v) is 3.96. The van der Waals surface area contributed by atoms with Crippen molar-refractivity contribution in [3.63, 3.8) is 0 Å². The van der Waals surface area contributed by atoms with Crippen LogP contribution in [0.4, 0.5) is 4.39 Å². The van der Waals surface area contributed by atoms with Crippen LogP contribution in [0.2, 0.25) is 0 Å². The molecule has 1 aromatic rings. The van der Waals surface area contributed by atoms with Gasteiger partial charge in [-0.2, -0.15) is 0 Å². The highest BCUT2D eigenvalue weighted by Crippen LogP contribution is 2.13. The maximum atomic E-state index is 13.6. The molecule has 3 nitrogen and oxygen atoms in total. The van der Waals surface area contributed by atoms with Gasteiger partial charge in [-0.15, -0.1) is 0 Å². The van der Waals surface area contributed by atoms with Crippen molar-refractivity contribution in [1.29, 1.82) is 0 Å². The van der Waals surface area contributed by atoms with Crippen molar-refractivity contribution in [2.75, 3.05) is 32.8 Å². The van der Waals surface area contributed by atoms with Crippen molar-refractivity contribution in [1.82, 2.24) is 10.2 Å². The summed E-state index contributed by atoms with van der Waals surface area (Å²) >= 11 is 0. The topological polar surface area (TPSA) is 24.5 Å². The first kappa shape index (κ1) is 16.4. The van der Waals surface area contributed by atoms with Gasteiger partial charge in [0.05, 0.1) is 13.2 Å². The lowest BCUT2D eigenvalue weighted by Gasteiger charge is -2.35. The van der Waals surface area contributed by atoms with E-state index >= 15 is 0 Å². The minimum absolute atomic E-state index is 0.128. The number of hydrogen-bond donors (Lipinski definition) is 1. The summed E-state index contributed by atoms with van der Waals surface area (Å²) in [6.45, 7) is 9.63. The molecule has 1 atom stereocenters. The van der Waals surface area contributed by atoms with Crippen molar-refractivity contribution >= 4 is 0 Å². The molecule has 1 N–H and O–H groups in total. The minimum atomic E-state index is -0.128. The SMILES string of the molecule is CC(C)CC(CNCc1ccccc1F)N1CCOCC1. The van der Waals surface area contributed by atoms with Crippen LogP contribution in [0, 0.1) is 11.7 Å². The Morgan fingerprint density at radius 3 is 2.62 bits per heavy atom. The number of halogens is 1. The number of nitrogens with one attached hydrogen (secondary N) is 1. The number of benzene rings is 1. The second-order valence-corrected chi connectivity index (χ2v) is 6.15. The van der Waals surface area contributed by atoms with Gasteiger partial charge in [0.25, 0.3) is 0 Å². The highest BCUT2D eigenvalue weighted by atomic mass is 19.1. The van der Waals surface area contributed by atoms with Gasteiger partial charge in [-0.25, -0.2) is 4.39 Å². The summed E-state index contributed by atoms with van der Waals surface area (Å²) < 4.78 is 19.0. The fraction of sp³-hybridized carbons (Fsp3) is 0.647. The molecule has 2 rings (SSSR count). The number of hydrogen-bond acceptors (Lipinski definition) is 3. The summed E-state index contributed by atoms with van der Waals surface area (Å²) in [6.07, 6.45) is 1.16. The van der Waals surface area contributed by atoms with E-state index in [1.165, 1.54) is 6.07 Å². The molecule has 4 heteroatoms. The molecule has 1 aliphatic rings. The Bertz CT molecular complexity index is 419. The van der Waals surface area contributed by atoms with Crippen molar-refractivity contribution in [3.05, 3.63) is 35.6 Å². The smallest absolute Gasteiger partial charge is 0.127 e. The zero-order valence-corrected chi connectivity index (χ0v) is 13.1. The van der Waals surface area contributed by atoms with E-state index < -0.39 is 0 Å². The fourth-order valence-corrected chi connectivity index (χ4v) is 2.86. The maximum absolute atomic E-state index is 13.6. The molecule has 0 radical (unpaired) electrons. The number of nitrogens with zero attached hydrogens (tertiary/aromatic N) is 1. The van der Waals surface area contributed by atoms with E-state index in [0.29, 0.717) is 18.5 Å². The molecule has 1 aliphatic heterocycles. The van der Waals surface area contributed by atoms with Crippen LogP contribution in [0.1, 0.15) is 25.8 Å². The van der Waals surface area contributed by atoms with Gasteiger partial charge in [-0.1, -0.05) is 32.0 Å². The van der Waals surface area contributed by atoms with Crippen molar-refractivity contribution in [3.8, 4) is 0 Å². The van der Waals surface area contributed by atoms with E-state index in [1.54, 1.807) is 6.07 Å². The van der Waals surface area contributed by atoms with Crippen LogP contribution in [0.15, 0.2) is 24.3 Å². The molecule has 1 fully saturated rings. The lowest BCUT2D eigenvalue weighted by molar-refractivity contribution is 0.0123. The van der Waals surface area contributed by atoms with Gasteiger partial charge in [0, 0.05) is 37.8 Å². The lowest BCUT2D eigenvalue weighted by Crippen LogP contribution is -2.48. The number of ether oxygens (including phenoxy) is 1. The maximum Gasteiger partial charge on any atom is 0.127 e. The third-order valence-electron chi connectivity index (χ3n) is 3.96. The van der Waals surface area contributed by atoms with Gasteiger partial charge < -0.3 is 10.1 Å². The Kier molecular flexibility index (Phi) is 6.61. The monoisotopic (exact) mass is 294 g/mol. The van der Waals surface area contributed by atoms with E-state index in [-0.39, 0.29) is 5.82 Å². The van der Waals surface area contributed by atoms with Crippen LogP contribution in [-0.4, -0.2) is 43.8 Å². The minimum Gasteiger partial charge on any atom is -0.379 e. The van der Waals surface area contributed by atoms with Crippen molar-refractivity contribution < 1.29 is 9.13 Å². The predicted octanol–water partition coefficient (Wildman–Crippen LogP) is 2.66. The molecule has 0 amide bonds. The van der Waals surface area contributed by atoms with Crippen LogP contribution in [0.3, 0.4) is 0 Å². The van der Waals surface area contributed by atoms with Gasteiger partial charge in [0.1, 0.15) is 5.82 Å². The number of rotatable bonds is 7. The van der Waals surface area contributed by atoms with E-state index in [4.69, 9.17) is 4.74 Å². The first-order valence-electron chi connectivity index (χ1n) is 7.92. The molecule has 0 spiro atoms. The quantitative estimate of drug-likeness (QED) is 0.837. The molecule has 1 heterocycles. The molecule has 118 valence electrons. The molecule has 1 aromatic carbocycles. The molecule has 1 unspecified atom stereocenters. The van der Waals surface area contributed by atoms with Gasteiger partial charge >= 0.3 is 0 Å². The highest BCUT2D eigenvalue weighted by molar-refractivity contribution is 5.16. The highest BCUT2D eigenvalue weighted by Gasteiger charge is 2.21. The van der Waals surface area contributed by atoms with E-state index in [9.17, 15) is 4.39 Å². The van der Waals surface area contributed by atoms with Gasteiger partial charge in [0.2, 0.25) is 0 Å². The average Bonchev–Trinajstić information content (AvgIpc) is 2.49. The van der Waals surface area contributed by atoms with Gasteiger partial charge in [-0.3, -0.25) is 4.90 Å². The molecule has 0 aliphatic carbocycles. The zero-order valence-electron chi connectivity index (χ0n) is 13.1. The second kappa shape index (κ2) is 8.47. The second-order valence-electron chi connectivity index (χ2n) is 6.15. The van der Waals surface area contributed by atoms with Crippen LogP contribution < -0.4 is 5.32 Å². The first-order chi connectivity index (χ1) is 10.2. The van der Waals surface area contributed by atoms with E-state index in [0.717, 1.165) is 44.8 Å². The molecule has 1 saturated heterocycles. The normalized spacial score (nSPS) is 18.1. The summed E-state index contributed by atoms with van der Waals surface area (Å²) in [5.74, 6) is 0.532. The van der Waals surface area contributed by atoms with Gasteiger partial charge in [0.15, 0.2) is 0 Å². The van der Waals surface area contributed by atoms with Crippen molar-refractivity contribution in [2.45, 2.75) is 32.9 Å². The Hall–Kier alpha value is -0.970. The van der Waals surface area contributed by atoms with Crippen LogP contribution >= 0.6 is 0 Å². The molecule has 0 aromatic heterocycles. The first-order valence-corrected chi connectivity index (χ1v) is 7.92. The molecule has 0 bridgehead atoms. The largest absolute Gasteiger partial charge is 0.379 e. The average molecular weight is 294 g/mol. The Labute approximate surface area is 127 Å². The Morgan fingerprint density at radius 2 is 1.95 bits per heavy atom. The zero-order chi connectivity index (χ0) is 15.1. The van der Waals surface area contributed by atoms with Crippen LogP contribution in [0.5, 0.6) is 0 Å². The molecular weight excluding hydrogens is 267 g/mol. The van der Waals surface area contributed by atoms with Gasteiger partial charge in [-0.05, 0) is 18.4 Å². The summed E-state index contributed by atoms with van der Waals surface area (Å²) in [6, 6.07) is 7.47. The van der Waals surface area contributed by atoms with E-state index in [1.807, 2.05) is 12.1 Å². The Balaban J connectivity index is 1.85. The lowest BCUT2D eigenvalue weighted by atomic mass is 10.0. The fourth-order valence-electron chi connectivity index (χ4n) is 2.86. The molecule has 0 saturated carbocycles. The van der Waals surface area contributed by atoms with Crippen LogP contribution in [0.25, 0.3) is 0 Å². The molecular formula is C17H27FN2O. The Morgan fingerprint density at radius 1 is 1.24 bits per heavy atom. The standard InChI is InChI=1S/C17H27FN2O/c1-14(2)11-16(20-7-9-21-10-8-20)13-19-12-15-5-3-4-6-17(15)18/h3-6,14,16,19H,7-13H2,1-2H3. The summed E-state index contributed by atoms with van der Waals surface area (Å²) in [5.41, 5.74) is 0.739. The summed E-state index contributed by atoms with van der Waals surface area (Å²) in [5, 5.41) is 3.42. The third kappa shape index (κ3) is 5.38.